The third-order valence-electron chi connectivity index (χ3n) is 4.35. The summed E-state index contributed by atoms with van der Waals surface area (Å²) in [4.78, 5) is 9.28. The maximum atomic E-state index is 4.73. The third-order valence-corrected chi connectivity index (χ3v) is 4.35. The Kier molecular flexibility index (Phi) is 2.77. The Morgan fingerprint density at radius 2 is 2.05 bits per heavy atom. The lowest BCUT2D eigenvalue weighted by Crippen LogP contribution is -2.53. The number of piperazine rings is 1. The molecule has 0 aliphatic carbocycles. The standard InChI is InChI=1S/C14H20N6/c1-18-9-13(6-16-18)19-5-4-14(15-10-19)20-7-11-2-3-12(8-20)17-11/h4-6,9,11-12,17H,2-3,7-8,10H2,1H3/t11-,12+. The van der Waals surface area contributed by atoms with E-state index >= 15 is 0 Å². The Hall–Kier alpha value is -1.82. The minimum Gasteiger partial charge on any atom is -0.354 e. The highest BCUT2D eigenvalue weighted by Crippen LogP contribution is 2.22. The first-order valence-electron chi connectivity index (χ1n) is 7.27. The number of nitrogens with zero attached hydrogens (tertiary/aromatic N) is 5. The molecule has 0 spiro atoms. The van der Waals surface area contributed by atoms with Crippen LogP contribution in [0.25, 0.3) is 0 Å². The highest BCUT2D eigenvalue weighted by molar-refractivity contribution is 5.94. The summed E-state index contributed by atoms with van der Waals surface area (Å²) < 4.78 is 1.82. The molecule has 0 amide bonds. The summed E-state index contributed by atoms with van der Waals surface area (Å²) >= 11 is 0. The molecule has 0 aromatic carbocycles. The van der Waals surface area contributed by atoms with Gasteiger partial charge in [-0.2, -0.15) is 5.10 Å². The van der Waals surface area contributed by atoms with Crippen LogP contribution in [0.15, 0.2) is 29.7 Å². The van der Waals surface area contributed by atoms with Gasteiger partial charge in [-0.15, -0.1) is 0 Å². The van der Waals surface area contributed by atoms with Crippen LogP contribution >= 0.6 is 0 Å². The van der Waals surface area contributed by atoms with Crippen molar-refractivity contribution in [2.75, 3.05) is 24.7 Å². The topological polar surface area (TPSA) is 48.7 Å². The van der Waals surface area contributed by atoms with Crippen LogP contribution in [-0.4, -0.2) is 52.4 Å². The van der Waals surface area contributed by atoms with Crippen molar-refractivity contribution >= 4 is 11.5 Å². The van der Waals surface area contributed by atoms with Crippen molar-refractivity contribution < 1.29 is 0 Å². The molecule has 1 aromatic rings. The first kappa shape index (κ1) is 12.0. The number of hydrogen-bond acceptors (Lipinski definition) is 5. The number of likely N-dealkylation sites (tertiary alicyclic amines) is 1. The fourth-order valence-corrected chi connectivity index (χ4v) is 3.32. The lowest BCUT2D eigenvalue weighted by molar-refractivity contribution is 0.289. The molecular weight excluding hydrogens is 252 g/mol. The Balaban J connectivity index is 1.45. The number of aryl methyl sites for hydroxylation is 1. The van der Waals surface area contributed by atoms with Crippen molar-refractivity contribution in [3.63, 3.8) is 0 Å². The summed E-state index contributed by atoms with van der Waals surface area (Å²) in [5.41, 5.74) is 1.09. The Morgan fingerprint density at radius 1 is 1.25 bits per heavy atom. The number of aliphatic imine (C=N–C) groups is 1. The Morgan fingerprint density at radius 3 is 2.65 bits per heavy atom. The van der Waals surface area contributed by atoms with Crippen molar-refractivity contribution in [3.8, 4) is 0 Å². The quantitative estimate of drug-likeness (QED) is 0.811. The molecule has 0 unspecified atom stereocenters. The second-order valence-corrected chi connectivity index (χ2v) is 5.86. The summed E-state index contributed by atoms with van der Waals surface area (Å²) in [6.45, 7) is 2.86. The predicted octanol–water partition coefficient (Wildman–Crippen LogP) is 0.546. The van der Waals surface area contributed by atoms with E-state index in [9.17, 15) is 0 Å². The molecule has 4 rings (SSSR count). The van der Waals surface area contributed by atoms with Gasteiger partial charge in [-0.3, -0.25) is 4.68 Å². The molecule has 4 heterocycles. The Bertz CT molecular complexity index is 548. The van der Waals surface area contributed by atoms with Crippen LogP contribution in [0.2, 0.25) is 0 Å². The summed E-state index contributed by atoms with van der Waals surface area (Å²) in [5, 5.41) is 7.86. The fraction of sp³-hybridized carbons (Fsp3) is 0.571. The monoisotopic (exact) mass is 272 g/mol. The van der Waals surface area contributed by atoms with Crippen molar-refractivity contribution in [1.29, 1.82) is 0 Å². The van der Waals surface area contributed by atoms with E-state index in [1.165, 1.54) is 12.8 Å². The number of rotatable bonds is 1. The van der Waals surface area contributed by atoms with E-state index in [0.29, 0.717) is 18.8 Å². The SMILES string of the molecule is Cn1cc(N2C=CC(N3C[C@H]4CC[C@@H](C3)N4)=NC2)cn1. The number of nitrogens with one attached hydrogen (secondary N) is 1. The van der Waals surface area contributed by atoms with Crippen molar-refractivity contribution in [1.82, 2.24) is 20.0 Å². The number of anilines is 1. The van der Waals surface area contributed by atoms with Gasteiger partial charge in [0.05, 0.1) is 11.9 Å². The van der Waals surface area contributed by atoms with E-state index in [0.717, 1.165) is 24.6 Å². The highest BCUT2D eigenvalue weighted by Gasteiger charge is 2.33. The summed E-state index contributed by atoms with van der Waals surface area (Å²) in [5.74, 6) is 1.13. The fourth-order valence-electron chi connectivity index (χ4n) is 3.32. The van der Waals surface area contributed by atoms with Crippen LogP contribution < -0.4 is 10.2 Å². The zero-order chi connectivity index (χ0) is 13.5. The predicted molar refractivity (Wildman–Crippen MR) is 78.6 cm³/mol. The molecule has 3 aliphatic rings. The van der Waals surface area contributed by atoms with E-state index in [2.05, 4.69) is 32.5 Å². The molecule has 1 aromatic heterocycles. The average molecular weight is 272 g/mol. The van der Waals surface area contributed by atoms with E-state index in [4.69, 9.17) is 4.99 Å². The minimum absolute atomic E-state index is 0.654. The van der Waals surface area contributed by atoms with Gasteiger partial charge >= 0.3 is 0 Å². The molecule has 106 valence electrons. The maximum Gasteiger partial charge on any atom is 0.127 e. The molecule has 20 heavy (non-hydrogen) atoms. The van der Waals surface area contributed by atoms with Gasteiger partial charge in [0.2, 0.25) is 0 Å². The minimum atomic E-state index is 0.654. The van der Waals surface area contributed by atoms with Gasteiger partial charge in [0.25, 0.3) is 0 Å². The second kappa shape index (κ2) is 4.63. The normalized spacial score (nSPS) is 28.9. The lowest BCUT2D eigenvalue weighted by Gasteiger charge is -2.35. The zero-order valence-corrected chi connectivity index (χ0v) is 11.7. The summed E-state index contributed by atoms with van der Waals surface area (Å²) in [6.07, 6.45) is 10.7. The van der Waals surface area contributed by atoms with E-state index in [1.54, 1.807) is 0 Å². The second-order valence-electron chi connectivity index (χ2n) is 5.86. The maximum absolute atomic E-state index is 4.73. The molecular formula is C14H20N6. The van der Waals surface area contributed by atoms with Gasteiger partial charge in [-0.25, -0.2) is 4.99 Å². The van der Waals surface area contributed by atoms with E-state index in [-0.39, 0.29) is 0 Å². The molecule has 2 bridgehead atoms. The van der Waals surface area contributed by atoms with Crippen LogP contribution in [0.5, 0.6) is 0 Å². The van der Waals surface area contributed by atoms with Crippen LogP contribution in [0.3, 0.4) is 0 Å². The van der Waals surface area contributed by atoms with Crippen LogP contribution in [-0.2, 0) is 7.05 Å². The lowest BCUT2D eigenvalue weighted by atomic mass is 10.2. The molecule has 6 heteroatoms. The molecule has 0 saturated carbocycles. The zero-order valence-electron chi connectivity index (χ0n) is 11.7. The van der Waals surface area contributed by atoms with Gasteiger partial charge in [-0.1, -0.05) is 0 Å². The van der Waals surface area contributed by atoms with Gasteiger partial charge in [0, 0.05) is 44.6 Å². The van der Waals surface area contributed by atoms with Crippen LogP contribution in [0.4, 0.5) is 5.69 Å². The van der Waals surface area contributed by atoms with Crippen LogP contribution in [0.1, 0.15) is 12.8 Å². The number of hydrogen-bond donors (Lipinski definition) is 1. The number of fused-ring (bicyclic) bond motifs is 2. The molecule has 2 saturated heterocycles. The molecule has 3 aliphatic heterocycles. The van der Waals surface area contributed by atoms with Crippen molar-refractivity contribution in [3.05, 3.63) is 24.7 Å². The largest absolute Gasteiger partial charge is 0.354 e. The average Bonchev–Trinajstić information content (AvgIpc) is 3.05. The van der Waals surface area contributed by atoms with Crippen molar-refractivity contribution in [2.24, 2.45) is 12.0 Å². The van der Waals surface area contributed by atoms with Gasteiger partial charge in [0.15, 0.2) is 0 Å². The molecule has 6 nitrogen and oxygen atoms in total. The highest BCUT2D eigenvalue weighted by atomic mass is 15.3. The van der Waals surface area contributed by atoms with Gasteiger partial charge in [-0.05, 0) is 18.9 Å². The third kappa shape index (κ3) is 2.10. The number of aromatic nitrogens is 2. The molecule has 2 fully saturated rings. The van der Waals surface area contributed by atoms with Crippen LogP contribution in [0, 0.1) is 0 Å². The Labute approximate surface area is 118 Å². The molecule has 0 radical (unpaired) electrons. The summed E-state index contributed by atoms with van der Waals surface area (Å²) in [7, 11) is 1.93. The van der Waals surface area contributed by atoms with Gasteiger partial charge < -0.3 is 15.1 Å². The van der Waals surface area contributed by atoms with E-state index in [1.807, 2.05) is 24.1 Å². The summed E-state index contributed by atoms with van der Waals surface area (Å²) in [6, 6.07) is 1.31. The molecule has 1 N–H and O–H groups in total. The first-order valence-corrected chi connectivity index (χ1v) is 7.27. The van der Waals surface area contributed by atoms with Gasteiger partial charge in [0.1, 0.15) is 12.5 Å². The molecule has 2 atom stereocenters. The van der Waals surface area contributed by atoms with E-state index < -0.39 is 0 Å². The number of amidine groups is 1. The van der Waals surface area contributed by atoms with Crippen molar-refractivity contribution in [2.45, 2.75) is 24.9 Å². The smallest absolute Gasteiger partial charge is 0.127 e. The first-order chi connectivity index (χ1) is 9.78.